The lowest BCUT2D eigenvalue weighted by Gasteiger charge is -2.35. The van der Waals surface area contributed by atoms with E-state index in [4.69, 9.17) is 0 Å². The van der Waals surface area contributed by atoms with Crippen LogP contribution in [-0.2, 0) is 4.79 Å². The van der Waals surface area contributed by atoms with Gasteiger partial charge in [-0.1, -0.05) is 18.2 Å². The van der Waals surface area contributed by atoms with E-state index in [-0.39, 0.29) is 5.91 Å². The van der Waals surface area contributed by atoms with E-state index in [1.165, 1.54) is 11.1 Å². The Morgan fingerprint density at radius 1 is 0.950 bits per heavy atom. The van der Waals surface area contributed by atoms with E-state index >= 15 is 0 Å². The first-order valence-electron chi connectivity index (χ1n) is 6.77. The van der Waals surface area contributed by atoms with Gasteiger partial charge in [-0.15, -0.1) is 0 Å². The van der Waals surface area contributed by atoms with Gasteiger partial charge in [0.25, 0.3) is 5.91 Å². The Bertz CT molecular complexity index is 658. The van der Waals surface area contributed by atoms with E-state index in [0.29, 0.717) is 6.54 Å². The third kappa shape index (κ3) is 2.05. The van der Waals surface area contributed by atoms with Gasteiger partial charge in [-0.2, -0.15) is 0 Å². The van der Waals surface area contributed by atoms with E-state index in [9.17, 15) is 4.79 Å². The van der Waals surface area contributed by atoms with Gasteiger partial charge >= 0.3 is 0 Å². The van der Waals surface area contributed by atoms with Crippen molar-refractivity contribution in [3.8, 4) is 0 Å². The van der Waals surface area contributed by atoms with Crippen LogP contribution in [0.15, 0.2) is 42.5 Å². The first kappa shape index (κ1) is 12.7. The Kier molecular flexibility index (Phi) is 2.97. The van der Waals surface area contributed by atoms with Crippen LogP contribution < -0.4 is 9.80 Å². The molecule has 0 saturated heterocycles. The lowest BCUT2D eigenvalue weighted by molar-refractivity contribution is -0.116. The fourth-order valence-electron chi connectivity index (χ4n) is 2.83. The van der Waals surface area contributed by atoms with Gasteiger partial charge in [0, 0.05) is 12.7 Å². The van der Waals surface area contributed by atoms with Crippen LogP contribution in [0.1, 0.15) is 11.1 Å². The van der Waals surface area contributed by atoms with Gasteiger partial charge in [-0.25, -0.2) is 0 Å². The summed E-state index contributed by atoms with van der Waals surface area (Å²) in [6.07, 6.45) is 0. The predicted octanol–water partition coefficient (Wildman–Crippen LogP) is 3.42. The zero-order chi connectivity index (χ0) is 14.3. The second kappa shape index (κ2) is 4.67. The van der Waals surface area contributed by atoms with Crippen molar-refractivity contribution in [3.63, 3.8) is 0 Å². The van der Waals surface area contributed by atoms with Gasteiger partial charge < -0.3 is 4.90 Å². The zero-order valence-electron chi connectivity index (χ0n) is 12.1. The summed E-state index contributed by atoms with van der Waals surface area (Å²) in [6.45, 7) is 4.52. The molecule has 0 unspecified atom stereocenters. The maximum atomic E-state index is 12.5. The number of nitrogens with zero attached hydrogens (tertiary/aromatic N) is 2. The molecule has 3 heteroatoms. The fourth-order valence-corrected chi connectivity index (χ4v) is 2.83. The molecule has 0 aliphatic carbocycles. The first-order chi connectivity index (χ1) is 9.56. The molecule has 0 radical (unpaired) electrons. The van der Waals surface area contributed by atoms with Crippen molar-refractivity contribution < 1.29 is 4.79 Å². The maximum Gasteiger partial charge on any atom is 0.251 e. The second-order valence-electron chi connectivity index (χ2n) is 5.42. The number of benzene rings is 2. The van der Waals surface area contributed by atoms with Crippen molar-refractivity contribution >= 4 is 23.0 Å². The van der Waals surface area contributed by atoms with Gasteiger partial charge in [-0.05, 0) is 49.2 Å². The Balaban J connectivity index is 2.17. The molecule has 1 amide bonds. The standard InChI is InChI=1S/C17H18N2O/c1-12-8-13(2)10-14(9-12)19-16-7-5-4-6-15(16)18(3)11-17(19)20/h4-10H,11H2,1-3H3. The molecule has 0 aromatic heterocycles. The molecule has 0 bridgehead atoms. The number of amides is 1. The van der Waals surface area contributed by atoms with Crippen molar-refractivity contribution in [2.45, 2.75) is 13.8 Å². The molecule has 20 heavy (non-hydrogen) atoms. The third-order valence-corrected chi connectivity index (χ3v) is 3.62. The van der Waals surface area contributed by atoms with E-state index < -0.39 is 0 Å². The topological polar surface area (TPSA) is 23.6 Å². The molecule has 1 aliphatic heterocycles. The Morgan fingerprint density at radius 3 is 2.20 bits per heavy atom. The van der Waals surface area contributed by atoms with E-state index in [1.54, 1.807) is 0 Å². The molecule has 0 atom stereocenters. The highest BCUT2D eigenvalue weighted by atomic mass is 16.2. The highest BCUT2D eigenvalue weighted by Gasteiger charge is 2.28. The molecule has 0 N–H and O–H groups in total. The number of fused-ring (bicyclic) bond motifs is 1. The lowest BCUT2D eigenvalue weighted by Crippen LogP contribution is -2.41. The Hall–Kier alpha value is -2.29. The summed E-state index contributed by atoms with van der Waals surface area (Å²) >= 11 is 0. The first-order valence-corrected chi connectivity index (χ1v) is 6.77. The summed E-state index contributed by atoms with van der Waals surface area (Å²) in [5, 5.41) is 0. The fraction of sp³-hybridized carbons (Fsp3) is 0.235. The molecule has 102 valence electrons. The number of likely N-dealkylation sites (N-methyl/N-ethyl adjacent to an activating group) is 1. The van der Waals surface area contributed by atoms with Crippen molar-refractivity contribution in [1.29, 1.82) is 0 Å². The molecule has 0 spiro atoms. The highest BCUT2D eigenvalue weighted by molar-refractivity contribution is 6.08. The summed E-state index contributed by atoms with van der Waals surface area (Å²) in [6, 6.07) is 14.3. The van der Waals surface area contributed by atoms with Crippen molar-refractivity contribution in [2.75, 3.05) is 23.4 Å². The van der Waals surface area contributed by atoms with Crippen LogP contribution in [0, 0.1) is 13.8 Å². The summed E-state index contributed by atoms with van der Waals surface area (Å²) in [5.74, 6) is 0.108. The van der Waals surface area contributed by atoms with Crippen molar-refractivity contribution in [1.82, 2.24) is 0 Å². The molecule has 3 nitrogen and oxygen atoms in total. The van der Waals surface area contributed by atoms with Crippen LogP contribution >= 0.6 is 0 Å². The summed E-state index contributed by atoms with van der Waals surface area (Å²) in [5.41, 5.74) is 5.34. The predicted molar refractivity (Wildman–Crippen MR) is 82.8 cm³/mol. The van der Waals surface area contributed by atoms with Crippen molar-refractivity contribution in [3.05, 3.63) is 53.6 Å². The Labute approximate surface area is 119 Å². The molecule has 2 aromatic rings. The summed E-state index contributed by atoms with van der Waals surface area (Å²) in [7, 11) is 1.95. The average Bonchev–Trinajstić information content (AvgIpc) is 2.37. The van der Waals surface area contributed by atoms with Crippen LogP contribution in [0.4, 0.5) is 17.1 Å². The molecule has 1 heterocycles. The van der Waals surface area contributed by atoms with E-state index in [1.807, 2.05) is 35.0 Å². The van der Waals surface area contributed by atoms with Crippen LogP contribution in [0.2, 0.25) is 0 Å². The number of para-hydroxylation sites is 2. The van der Waals surface area contributed by atoms with Gasteiger partial charge in [0.05, 0.1) is 17.9 Å². The van der Waals surface area contributed by atoms with Crippen LogP contribution in [0.5, 0.6) is 0 Å². The molecule has 3 rings (SSSR count). The minimum absolute atomic E-state index is 0.108. The minimum atomic E-state index is 0.108. The summed E-state index contributed by atoms with van der Waals surface area (Å²) < 4.78 is 0. The molecule has 2 aromatic carbocycles. The zero-order valence-corrected chi connectivity index (χ0v) is 12.1. The van der Waals surface area contributed by atoms with Gasteiger partial charge in [-0.3, -0.25) is 9.69 Å². The normalized spacial score (nSPS) is 14.4. The number of anilines is 3. The molecule has 0 saturated carbocycles. The molecular weight excluding hydrogens is 248 g/mol. The largest absolute Gasteiger partial charge is 0.364 e. The smallest absolute Gasteiger partial charge is 0.251 e. The van der Waals surface area contributed by atoms with Crippen molar-refractivity contribution in [2.24, 2.45) is 0 Å². The van der Waals surface area contributed by atoms with Crippen LogP contribution in [0.3, 0.4) is 0 Å². The third-order valence-electron chi connectivity index (χ3n) is 3.62. The molecule has 1 aliphatic rings. The number of carbonyl (C=O) groups excluding carboxylic acids is 1. The number of carbonyl (C=O) groups is 1. The van der Waals surface area contributed by atoms with Gasteiger partial charge in [0.1, 0.15) is 0 Å². The van der Waals surface area contributed by atoms with Gasteiger partial charge in [0.15, 0.2) is 0 Å². The maximum absolute atomic E-state index is 12.5. The average molecular weight is 266 g/mol. The minimum Gasteiger partial charge on any atom is -0.364 e. The van der Waals surface area contributed by atoms with E-state index in [2.05, 4.69) is 38.1 Å². The number of hydrogen-bond donors (Lipinski definition) is 0. The van der Waals surface area contributed by atoms with E-state index in [0.717, 1.165) is 17.1 Å². The monoisotopic (exact) mass is 266 g/mol. The number of rotatable bonds is 1. The second-order valence-corrected chi connectivity index (χ2v) is 5.42. The lowest BCUT2D eigenvalue weighted by atomic mass is 10.1. The van der Waals surface area contributed by atoms with Gasteiger partial charge in [0.2, 0.25) is 0 Å². The SMILES string of the molecule is Cc1cc(C)cc(N2C(=O)CN(C)c3ccccc32)c1. The summed E-state index contributed by atoms with van der Waals surface area (Å²) in [4.78, 5) is 16.3. The highest BCUT2D eigenvalue weighted by Crippen LogP contribution is 2.37. The van der Waals surface area contributed by atoms with Crippen LogP contribution in [0.25, 0.3) is 0 Å². The Morgan fingerprint density at radius 2 is 1.55 bits per heavy atom. The number of hydrogen-bond acceptors (Lipinski definition) is 2. The van der Waals surface area contributed by atoms with Crippen LogP contribution in [-0.4, -0.2) is 19.5 Å². The quantitative estimate of drug-likeness (QED) is 0.789. The molecular formula is C17H18N2O. The molecule has 0 fully saturated rings. The number of aryl methyl sites for hydroxylation is 2.